The number of carbonyl (C=O) groups is 2. The van der Waals surface area contributed by atoms with E-state index in [2.05, 4.69) is 10.4 Å². The lowest BCUT2D eigenvalue weighted by Crippen LogP contribution is -2.32. The number of ether oxygens (including phenoxy) is 2. The van der Waals surface area contributed by atoms with Crippen molar-refractivity contribution in [3.8, 4) is 17.2 Å². The standard InChI is InChI=1S/C22H15ClFN5O8/c1-36-20-8-12(11-25-27-22(31)21(30)26-13-3-5-16(24)15(23)9-13)2-6-19(20)37-18-7-4-14(28(32)33)10-17(18)29(34)35/h2-11H,1H3,(H,26,30)(H,27,31). The molecule has 13 nitrogen and oxygen atoms in total. The van der Waals surface area contributed by atoms with Crippen molar-refractivity contribution in [1.29, 1.82) is 0 Å². The molecule has 0 aliphatic heterocycles. The van der Waals surface area contributed by atoms with Crippen LogP contribution in [0.5, 0.6) is 17.2 Å². The lowest BCUT2D eigenvalue weighted by Gasteiger charge is -2.11. The van der Waals surface area contributed by atoms with Crippen LogP contribution in [0.1, 0.15) is 5.56 Å². The van der Waals surface area contributed by atoms with Crippen LogP contribution in [-0.4, -0.2) is 35.0 Å². The molecular weight excluding hydrogens is 517 g/mol. The van der Waals surface area contributed by atoms with Gasteiger partial charge in [-0.1, -0.05) is 11.6 Å². The van der Waals surface area contributed by atoms with Crippen molar-refractivity contribution in [2.45, 2.75) is 0 Å². The van der Waals surface area contributed by atoms with Crippen LogP contribution in [0.25, 0.3) is 0 Å². The number of methoxy groups -OCH3 is 1. The number of rotatable bonds is 8. The topological polar surface area (TPSA) is 175 Å². The summed E-state index contributed by atoms with van der Waals surface area (Å²) in [6.07, 6.45) is 1.18. The molecule has 0 radical (unpaired) electrons. The predicted octanol–water partition coefficient (Wildman–Crippen LogP) is 4.19. The Kier molecular flexibility index (Phi) is 8.27. The van der Waals surface area contributed by atoms with Gasteiger partial charge in [-0.3, -0.25) is 29.8 Å². The van der Waals surface area contributed by atoms with E-state index in [1.807, 2.05) is 5.43 Å². The molecule has 3 aromatic rings. The number of amides is 2. The van der Waals surface area contributed by atoms with Crippen molar-refractivity contribution in [2.24, 2.45) is 5.10 Å². The number of halogens is 2. The molecule has 3 rings (SSSR count). The van der Waals surface area contributed by atoms with Gasteiger partial charge in [0.1, 0.15) is 5.82 Å². The first-order valence-electron chi connectivity index (χ1n) is 9.97. The van der Waals surface area contributed by atoms with Crippen molar-refractivity contribution in [2.75, 3.05) is 12.4 Å². The van der Waals surface area contributed by atoms with Crippen LogP contribution >= 0.6 is 11.6 Å². The van der Waals surface area contributed by atoms with Crippen molar-refractivity contribution < 1.29 is 33.3 Å². The van der Waals surface area contributed by atoms with Crippen LogP contribution in [0.15, 0.2) is 59.7 Å². The van der Waals surface area contributed by atoms with Gasteiger partial charge in [-0.05, 0) is 48.0 Å². The second-order valence-electron chi connectivity index (χ2n) is 6.96. The minimum Gasteiger partial charge on any atom is -0.493 e. The Labute approximate surface area is 211 Å². The van der Waals surface area contributed by atoms with Crippen molar-refractivity contribution in [1.82, 2.24) is 5.43 Å². The van der Waals surface area contributed by atoms with E-state index < -0.39 is 38.9 Å². The highest BCUT2D eigenvalue weighted by Gasteiger charge is 2.22. The van der Waals surface area contributed by atoms with Crippen LogP contribution in [0.4, 0.5) is 21.5 Å². The van der Waals surface area contributed by atoms with Gasteiger partial charge >= 0.3 is 17.5 Å². The number of benzene rings is 3. The molecule has 0 atom stereocenters. The Morgan fingerprint density at radius 1 is 0.973 bits per heavy atom. The molecular formula is C22H15ClFN5O8. The molecule has 0 fully saturated rings. The first-order chi connectivity index (χ1) is 17.6. The highest BCUT2D eigenvalue weighted by atomic mass is 35.5. The molecule has 0 aliphatic rings. The minimum atomic E-state index is -1.12. The van der Waals surface area contributed by atoms with Gasteiger partial charge in [0.25, 0.3) is 5.69 Å². The van der Waals surface area contributed by atoms with Gasteiger partial charge in [0.05, 0.1) is 34.3 Å². The third-order valence-corrected chi connectivity index (χ3v) is 4.81. The number of hydrogen-bond acceptors (Lipinski definition) is 9. The van der Waals surface area contributed by atoms with E-state index >= 15 is 0 Å². The van der Waals surface area contributed by atoms with Crippen molar-refractivity contribution in [3.05, 3.63) is 91.2 Å². The third-order valence-electron chi connectivity index (χ3n) is 4.52. The normalized spacial score (nSPS) is 10.6. The second-order valence-corrected chi connectivity index (χ2v) is 7.37. The maximum absolute atomic E-state index is 13.2. The first-order valence-corrected chi connectivity index (χ1v) is 10.3. The van der Waals surface area contributed by atoms with E-state index in [0.717, 1.165) is 30.3 Å². The summed E-state index contributed by atoms with van der Waals surface area (Å²) in [4.78, 5) is 44.5. The molecule has 0 spiro atoms. The number of nitro benzene ring substituents is 2. The average molecular weight is 532 g/mol. The number of anilines is 1. The van der Waals surface area contributed by atoms with Crippen molar-refractivity contribution >= 4 is 46.7 Å². The fraction of sp³-hybridized carbons (Fsp3) is 0.0455. The van der Waals surface area contributed by atoms with Gasteiger partial charge < -0.3 is 14.8 Å². The molecule has 2 N–H and O–H groups in total. The number of nitro groups is 2. The Balaban J connectivity index is 1.69. The van der Waals surface area contributed by atoms with E-state index in [4.69, 9.17) is 21.1 Å². The molecule has 0 saturated heterocycles. The molecule has 15 heteroatoms. The number of nitrogens with zero attached hydrogens (tertiary/aromatic N) is 3. The number of hydrogen-bond donors (Lipinski definition) is 2. The summed E-state index contributed by atoms with van der Waals surface area (Å²) in [6.45, 7) is 0. The highest BCUT2D eigenvalue weighted by Crippen LogP contribution is 2.38. The zero-order chi connectivity index (χ0) is 27.1. The number of non-ortho nitro benzene ring substituents is 1. The molecule has 0 heterocycles. The van der Waals surface area contributed by atoms with Gasteiger partial charge in [0, 0.05) is 11.8 Å². The summed E-state index contributed by atoms with van der Waals surface area (Å²) >= 11 is 5.62. The third kappa shape index (κ3) is 6.73. The fourth-order valence-electron chi connectivity index (χ4n) is 2.79. The summed E-state index contributed by atoms with van der Waals surface area (Å²) < 4.78 is 23.9. The van der Waals surface area contributed by atoms with E-state index in [1.54, 1.807) is 0 Å². The number of carbonyl (C=O) groups excluding carboxylic acids is 2. The van der Waals surface area contributed by atoms with Crippen LogP contribution in [0, 0.1) is 26.0 Å². The largest absolute Gasteiger partial charge is 0.493 e. The Hall–Kier alpha value is -5.11. The van der Waals surface area contributed by atoms with E-state index in [1.165, 1.54) is 37.6 Å². The Morgan fingerprint density at radius 2 is 1.70 bits per heavy atom. The Morgan fingerprint density at radius 3 is 2.35 bits per heavy atom. The number of nitrogens with one attached hydrogen (secondary N) is 2. The highest BCUT2D eigenvalue weighted by molar-refractivity contribution is 6.39. The van der Waals surface area contributed by atoms with Gasteiger partial charge in [0.2, 0.25) is 5.75 Å². The Bertz CT molecular complexity index is 1430. The summed E-state index contributed by atoms with van der Waals surface area (Å²) in [5, 5.41) is 27.9. The maximum atomic E-state index is 13.2. The fourth-order valence-corrected chi connectivity index (χ4v) is 2.97. The van der Waals surface area contributed by atoms with Gasteiger partial charge in [-0.25, -0.2) is 9.82 Å². The zero-order valence-corrected chi connectivity index (χ0v) is 19.4. The maximum Gasteiger partial charge on any atom is 0.329 e. The monoisotopic (exact) mass is 531 g/mol. The molecule has 2 amide bonds. The summed E-state index contributed by atoms with van der Waals surface area (Å²) in [7, 11) is 1.31. The summed E-state index contributed by atoms with van der Waals surface area (Å²) in [5.74, 6) is -2.96. The van der Waals surface area contributed by atoms with E-state index in [0.29, 0.717) is 5.56 Å². The lowest BCUT2D eigenvalue weighted by molar-refractivity contribution is -0.394. The average Bonchev–Trinajstić information content (AvgIpc) is 2.86. The van der Waals surface area contributed by atoms with Crippen molar-refractivity contribution in [3.63, 3.8) is 0 Å². The van der Waals surface area contributed by atoms with Gasteiger partial charge in [0.15, 0.2) is 11.5 Å². The van der Waals surface area contributed by atoms with Crippen LogP contribution in [-0.2, 0) is 9.59 Å². The van der Waals surface area contributed by atoms with Crippen LogP contribution in [0.2, 0.25) is 5.02 Å². The molecule has 0 aromatic heterocycles. The van der Waals surface area contributed by atoms with E-state index in [-0.39, 0.29) is 28.0 Å². The van der Waals surface area contributed by atoms with Crippen LogP contribution < -0.4 is 20.2 Å². The minimum absolute atomic E-state index is 0.0537. The van der Waals surface area contributed by atoms with Gasteiger partial charge in [-0.15, -0.1) is 0 Å². The van der Waals surface area contributed by atoms with Gasteiger partial charge in [-0.2, -0.15) is 5.10 Å². The SMILES string of the molecule is COc1cc(C=NNC(=O)C(=O)Nc2ccc(F)c(Cl)c2)ccc1Oc1ccc([N+](=O)[O-])cc1[N+](=O)[O-]. The molecule has 0 bridgehead atoms. The zero-order valence-electron chi connectivity index (χ0n) is 18.6. The summed E-state index contributed by atoms with van der Waals surface area (Å²) in [6, 6.07) is 10.6. The molecule has 3 aromatic carbocycles. The summed E-state index contributed by atoms with van der Waals surface area (Å²) in [5.41, 5.74) is 1.40. The van der Waals surface area contributed by atoms with E-state index in [9.17, 15) is 34.2 Å². The molecule has 37 heavy (non-hydrogen) atoms. The number of hydrazone groups is 1. The predicted molar refractivity (Wildman–Crippen MR) is 129 cm³/mol. The molecule has 190 valence electrons. The van der Waals surface area contributed by atoms with Crippen LogP contribution in [0.3, 0.4) is 0 Å². The second kappa shape index (κ2) is 11.5. The molecule has 0 saturated carbocycles. The molecule has 0 aliphatic carbocycles. The first kappa shape index (κ1) is 26.5. The quantitative estimate of drug-likeness (QED) is 0.188. The molecule has 0 unspecified atom stereocenters. The smallest absolute Gasteiger partial charge is 0.329 e. The lowest BCUT2D eigenvalue weighted by atomic mass is 10.2.